The number of benzene rings is 1. The highest BCUT2D eigenvalue weighted by molar-refractivity contribution is 7.98. The number of aryl methyl sites for hydroxylation is 1. The highest BCUT2D eigenvalue weighted by atomic mass is 32.2. The third-order valence-electron chi connectivity index (χ3n) is 3.07. The van der Waals surface area contributed by atoms with E-state index in [1.165, 1.54) is 0 Å². The van der Waals surface area contributed by atoms with E-state index in [2.05, 4.69) is 25.8 Å². The Bertz CT molecular complexity index is 732. The van der Waals surface area contributed by atoms with Gasteiger partial charge in [-0.15, -0.1) is 0 Å². The van der Waals surface area contributed by atoms with Crippen molar-refractivity contribution in [2.24, 2.45) is 7.05 Å². The van der Waals surface area contributed by atoms with Crippen LogP contribution < -0.4 is 0 Å². The smallest absolute Gasteiger partial charge is 0.237 e. The Morgan fingerprint density at radius 1 is 1.25 bits per heavy atom. The average molecular weight is 288 g/mol. The van der Waals surface area contributed by atoms with Gasteiger partial charge in [0.05, 0.1) is 16.8 Å². The summed E-state index contributed by atoms with van der Waals surface area (Å²) >= 11 is 1.61. The first-order valence-electron chi connectivity index (χ1n) is 6.52. The maximum atomic E-state index is 5.24. The molecule has 104 valence electrons. The molecule has 6 heteroatoms. The zero-order valence-corrected chi connectivity index (χ0v) is 12.5. The predicted octanol–water partition coefficient (Wildman–Crippen LogP) is 3.37. The van der Waals surface area contributed by atoms with Gasteiger partial charge >= 0.3 is 0 Å². The molecule has 0 bridgehead atoms. The molecule has 0 radical (unpaired) electrons. The number of hydrogen-bond donors (Lipinski definition) is 0. The standard InChI is InChI=1S/C14H16N4OS/c1-9(2)13-16-12(19-17-13)8-20-14-15-10-6-4-5-7-11(10)18(14)3/h4-7,9H,8H2,1-3H3. The van der Waals surface area contributed by atoms with E-state index < -0.39 is 0 Å². The summed E-state index contributed by atoms with van der Waals surface area (Å²) in [7, 11) is 2.02. The first kappa shape index (κ1) is 13.2. The molecule has 2 aromatic heterocycles. The molecule has 0 atom stereocenters. The normalized spacial score (nSPS) is 11.6. The summed E-state index contributed by atoms with van der Waals surface area (Å²) in [6.45, 7) is 4.10. The van der Waals surface area contributed by atoms with Crippen LogP contribution in [0.3, 0.4) is 0 Å². The van der Waals surface area contributed by atoms with Gasteiger partial charge in [-0.2, -0.15) is 4.98 Å². The fourth-order valence-electron chi connectivity index (χ4n) is 1.94. The van der Waals surface area contributed by atoms with Gasteiger partial charge in [0, 0.05) is 13.0 Å². The largest absolute Gasteiger partial charge is 0.338 e. The van der Waals surface area contributed by atoms with E-state index in [4.69, 9.17) is 4.52 Å². The summed E-state index contributed by atoms with van der Waals surface area (Å²) in [5.41, 5.74) is 2.13. The van der Waals surface area contributed by atoms with Crippen molar-refractivity contribution in [2.75, 3.05) is 0 Å². The van der Waals surface area contributed by atoms with Gasteiger partial charge < -0.3 is 9.09 Å². The van der Waals surface area contributed by atoms with Gasteiger partial charge in [0.25, 0.3) is 0 Å². The average Bonchev–Trinajstić information content (AvgIpc) is 3.03. The van der Waals surface area contributed by atoms with Crippen LogP contribution in [0.2, 0.25) is 0 Å². The molecule has 0 aliphatic heterocycles. The maximum absolute atomic E-state index is 5.24. The van der Waals surface area contributed by atoms with E-state index in [0.29, 0.717) is 11.6 Å². The summed E-state index contributed by atoms with van der Waals surface area (Å²) < 4.78 is 7.33. The highest BCUT2D eigenvalue weighted by Gasteiger charge is 2.12. The zero-order valence-electron chi connectivity index (χ0n) is 11.7. The van der Waals surface area contributed by atoms with Gasteiger partial charge in [0.15, 0.2) is 11.0 Å². The molecule has 0 unspecified atom stereocenters. The molecule has 0 aliphatic rings. The van der Waals surface area contributed by atoms with Gasteiger partial charge in [-0.3, -0.25) is 0 Å². The molecule has 0 amide bonds. The van der Waals surface area contributed by atoms with Crippen molar-refractivity contribution in [3.05, 3.63) is 36.0 Å². The van der Waals surface area contributed by atoms with Gasteiger partial charge in [-0.05, 0) is 12.1 Å². The number of aromatic nitrogens is 4. The number of fused-ring (bicyclic) bond motifs is 1. The van der Waals surface area contributed by atoms with E-state index in [1.54, 1.807) is 11.8 Å². The van der Waals surface area contributed by atoms with Gasteiger partial charge in [0.2, 0.25) is 5.89 Å². The zero-order chi connectivity index (χ0) is 14.1. The van der Waals surface area contributed by atoms with Crippen LogP contribution >= 0.6 is 11.8 Å². The molecular formula is C14H16N4OS. The van der Waals surface area contributed by atoms with Crippen LogP contribution in [0.5, 0.6) is 0 Å². The lowest BCUT2D eigenvalue weighted by atomic mass is 10.2. The van der Waals surface area contributed by atoms with Crippen molar-refractivity contribution in [1.82, 2.24) is 19.7 Å². The van der Waals surface area contributed by atoms with E-state index in [1.807, 2.05) is 39.1 Å². The van der Waals surface area contributed by atoms with E-state index >= 15 is 0 Å². The Balaban J connectivity index is 1.77. The summed E-state index contributed by atoms with van der Waals surface area (Å²) in [4.78, 5) is 8.98. The molecule has 0 aliphatic carbocycles. The Morgan fingerprint density at radius 2 is 2.05 bits per heavy atom. The second kappa shape index (κ2) is 5.28. The Kier molecular flexibility index (Phi) is 3.48. The van der Waals surface area contributed by atoms with Crippen LogP contribution in [0.1, 0.15) is 31.5 Å². The molecule has 0 N–H and O–H groups in total. The quantitative estimate of drug-likeness (QED) is 0.689. The molecule has 5 nitrogen and oxygen atoms in total. The van der Waals surface area contributed by atoms with E-state index in [0.717, 1.165) is 22.0 Å². The van der Waals surface area contributed by atoms with Crippen molar-refractivity contribution in [3.8, 4) is 0 Å². The van der Waals surface area contributed by atoms with E-state index in [9.17, 15) is 0 Å². The summed E-state index contributed by atoms with van der Waals surface area (Å²) in [5, 5.41) is 4.92. The van der Waals surface area contributed by atoms with Crippen LogP contribution in [0.25, 0.3) is 11.0 Å². The molecule has 0 saturated carbocycles. The SMILES string of the molecule is CC(C)c1noc(CSc2nc3ccccc3n2C)n1. The summed E-state index contributed by atoms with van der Waals surface area (Å²) in [6.07, 6.45) is 0. The number of thioether (sulfide) groups is 1. The van der Waals surface area contributed by atoms with Crippen molar-refractivity contribution >= 4 is 22.8 Å². The number of rotatable bonds is 4. The Morgan fingerprint density at radius 3 is 2.75 bits per heavy atom. The molecular weight excluding hydrogens is 272 g/mol. The van der Waals surface area contributed by atoms with Gasteiger partial charge in [-0.1, -0.05) is 42.9 Å². The molecule has 2 heterocycles. The van der Waals surface area contributed by atoms with Crippen molar-refractivity contribution < 1.29 is 4.52 Å². The van der Waals surface area contributed by atoms with Crippen LogP contribution in [-0.4, -0.2) is 19.7 Å². The van der Waals surface area contributed by atoms with Crippen LogP contribution in [0.4, 0.5) is 0 Å². The summed E-state index contributed by atoms with van der Waals surface area (Å²) in [5.74, 6) is 2.32. The van der Waals surface area contributed by atoms with E-state index in [-0.39, 0.29) is 5.92 Å². The van der Waals surface area contributed by atoms with Crippen LogP contribution in [-0.2, 0) is 12.8 Å². The molecule has 3 aromatic rings. The number of para-hydroxylation sites is 2. The fourth-order valence-corrected chi connectivity index (χ4v) is 2.76. The molecule has 1 aromatic carbocycles. The molecule has 0 spiro atoms. The van der Waals surface area contributed by atoms with Crippen molar-refractivity contribution in [3.63, 3.8) is 0 Å². The lowest BCUT2D eigenvalue weighted by Crippen LogP contribution is -1.92. The lowest BCUT2D eigenvalue weighted by molar-refractivity contribution is 0.382. The molecule has 0 saturated heterocycles. The van der Waals surface area contributed by atoms with Crippen LogP contribution in [0.15, 0.2) is 33.9 Å². The Labute approximate surface area is 121 Å². The first-order valence-corrected chi connectivity index (χ1v) is 7.50. The third-order valence-corrected chi connectivity index (χ3v) is 4.09. The number of hydrogen-bond acceptors (Lipinski definition) is 5. The van der Waals surface area contributed by atoms with Gasteiger partial charge in [0.1, 0.15) is 0 Å². The van der Waals surface area contributed by atoms with Crippen LogP contribution in [0, 0.1) is 0 Å². The van der Waals surface area contributed by atoms with Crippen molar-refractivity contribution in [1.29, 1.82) is 0 Å². The third kappa shape index (κ3) is 2.43. The first-order chi connectivity index (χ1) is 9.65. The minimum atomic E-state index is 0.285. The van der Waals surface area contributed by atoms with Crippen molar-refractivity contribution in [2.45, 2.75) is 30.7 Å². The minimum absolute atomic E-state index is 0.285. The Hall–Kier alpha value is -1.82. The molecule has 0 fully saturated rings. The second-order valence-electron chi connectivity index (χ2n) is 4.93. The molecule has 3 rings (SSSR count). The summed E-state index contributed by atoms with van der Waals surface area (Å²) in [6, 6.07) is 8.10. The lowest BCUT2D eigenvalue weighted by Gasteiger charge is -1.99. The molecule has 20 heavy (non-hydrogen) atoms. The number of imidazole rings is 1. The monoisotopic (exact) mass is 288 g/mol. The fraction of sp³-hybridized carbons (Fsp3) is 0.357. The highest BCUT2D eigenvalue weighted by Crippen LogP contribution is 2.25. The number of nitrogens with zero attached hydrogens (tertiary/aromatic N) is 4. The minimum Gasteiger partial charge on any atom is -0.338 e. The maximum Gasteiger partial charge on any atom is 0.237 e. The second-order valence-corrected chi connectivity index (χ2v) is 5.87. The predicted molar refractivity (Wildman–Crippen MR) is 78.7 cm³/mol. The van der Waals surface area contributed by atoms with Gasteiger partial charge in [-0.25, -0.2) is 4.98 Å². The topological polar surface area (TPSA) is 56.7 Å².